The summed E-state index contributed by atoms with van der Waals surface area (Å²) in [6.45, 7) is 9.24. The Morgan fingerprint density at radius 2 is 1.95 bits per heavy atom. The molecule has 0 aliphatic heterocycles. The molecule has 1 atom stereocenters. The highest BCUT2D eigenvalue weighted by Crippen LogP contribution is 2.06. The molecule has 6 nitrogen and oxygen atoms in total. The highest BCUT2D eigenvalue weighted by atomic mass is 15.3. The van der Waals surface area contributed by atoms with Crippen LogP contribution in [0.15, 0.2) is 4.99 Å². The number of hydrogen-bond donors (Lipinski definition) is 2. The predicted molar refractivity (Wildman–Crippen MR) is 82.6 cm³/mol. The summed E-state index contributed by atoms with van der Waals surface area (Å²) in [4.78, 5) is 4.24. The molecule has 0 bridgehead atoms. The molecule has 0 fully saturated rings. The first-order valence-corrected chi connectivity index (χ1v) is 7.26. The van der Waals surface area contributed by atoms with E-state index in [4.69, 9.17) is 0 Å². The summed E-state index contributed by atoms with van der Waals surface area (Å²) in [7, 11) is 3.75. The van der Waals surface area contributed by atoms with Crippen LogP contribution in [0, 0.1) is 12.8 Å². The summed E-state index contributed by atoms with van der Waals surface area (Å²) < 4.78 is 1.97. The van der Waals surface area contributed by atoms with Gasteiger partial charge in [0, 0.05) is 20.1 Å². The number of aliphatic imine (C=N–C) groups is 1. The minimum Gasteiger partial charge on any atom is -0.354 e. The Balaban J connectivity index is 2.42. The first kappa shape index (κ1) is 16.5. The average Bonchev–Trinajstić information content (AvgIpc) is 2.72. The van der Waals surface area contributed by atoms with E-state index < -0.39 is 0 Å². The summed E-state index contributed by atoms with van der Waals surface area (Å²) in [5.74, 6) is 3.35. The molecule has 1 unspecified atom stereocenters. The summed E-state index contributed by atoms with van der Waals surface area (Å²) in [5, 5.41) is 14.8. The van der Waals surface area contributed by atoms with Crippen LogP contribution in [-0.4, -0.2) is 33.8 Å². The van der Waals surface area contributed by atoms with Crippen molar-refractivity contribution >= 4 is 5.96 Å². The van der Waals surface area contributed by atoms with E-state index in [0.717, 1.165) is 29.9 Å². The molecule has 0 aliphatic carbocycles. The number of aryl methyl sites for hydroxylation is 1. The molecule has 0 radical (unpaired) electrons. The van der Waals surface area contributed by atoms with Gasteiger partial charge in [-0.1, -0.05) is 13.8 Å². The summed E-state index contributed by atoms with van der Waals surface area (Å²) >= 11 is 0. The number of hydrogen-bond acceptors (Lipinski definition) is 3. The minimum atomic E-state index is 0.407. The Morgan fingerprint density at radius 1 is 1.25 bits per heavy atom. The van der Waals surface area contributed by atoms with E-state index in [-0.39, 0.29) is 0 Å². The third-order valence-electron chi connectivity index (χ3n) is 3.38. The Hall–Kier alpha value is -1.59. The Labute approximate surface area is 122 Å². The zero-order valence-electron chi connectivity index (χ0n) is 13.6. The smallest absolute Gasteiger partial charge is 0.191 e. The fourth-order valence-corrected chi connectivity index (χ4v) is 1.85. The lowest BCUT2D eigenvalue weighted by Gasteiger charge is -2.18. The quantitative estimate of drug-likeness (QED) is 0.614. The van der Waals surface area contributed by atoms with Gasteiger partial charge in [0.05, 0.1) is 6.54 Å². The molecular weight excluding hydrogens is 252 g/mol. The van der Waals surface area contributed by atoms with E-state index in [0.29, 0.717) is 12.6 Å². The van der Waals surface area contributed by atoms with Crippen molar-refractivity contribution in [2.24, 2.45) is 18.0 Å². The van der Waals surface area contributed by atoms with E-state index in [9.17, 15) is 0 Å². The highest BCUT2D eigenvalue weighted by molar-refractivity contribution is 5.79. The van der Waals surface area contributed by atoms with E-state index in [1.54, 1.807) is 7.05 Å². The van der Waals surface area contributed by atoms with Crippen molar-refractivity contribution in [2.45, 2.75) is 53.1 Å². The van der Waals surface area contributed by atoms with Gasteiger partial charge in [0.2, 0.25) is 0 Å². The van der Waals surface area contributed by atoms with Crippen LogP contribution in [0.2, 0.25) is 0 Å². The van der Waals surface area contributed by atoms with Crippen LogP contribution in [0.4, 0.5) is 0 Å². The number of aromatic nitrogens is 3. The molecular formula is C14H28N6. The van der Waals surface area contributed by atoms with Crippen molar-refractivity contribution in [3.8, 4) is 0 Å². The van der Waals surface area contributed by atoms with Crippen molar-refractivity contribution < 1.29 is 0 Å². The standard InChI is InChI=1S/C14H28N6/c1-10(2)7-8-11(3)17-14(15-5)16-9-13-19-18-12(4)20(13)6/h10-11H,7-9H2,1-6H3,(H2,15,16,17). The number of nitrogens with one attached hydrogen (secondary N) is 2. The first-order chi connectivity index (χ1) is 9.43. The molecule has 6 heteroatoms. The summed E-state index contributed by atoms with van der Waals surface area (Å²) in [5.41, 5.74) is 0. The fraction of sp³-hybridized carbons (Fsp3) is 0.786. The van der Waals surface area contributed by atoms with E-state index in [1.807, 2.05) is 18.5 Å². The van der Waals surface area contributed by atoms with Crippen LogP contribution < -0.4 is 10.6 Å². The van der Waals surface area contributed by atoms with Crippen molar-refractivity contribution in [1.29, 1.82) is 0 Å². The maximum absolute atomic E-state index is 4.24. The van der Waals surface area contributed by atoms with Gasteiger partial charge in [-0.15, -0.1) is 10.2 Å². The molecule has 20 heavy (non-hydrogen) atoms. The van der Waals surface area contributed by atoms with Crippen molar-refractivity contribution in [2.75, 3.05) is 7.05 Å². The lowest BCUT2D eigenvalue weighted by molar-refractivity contribution is 0.488. The van der Waals surface area contributed by atoms with Gasteiger partial charge >= 0.3 is 0 Å². The zero-order valence-corrected chi connectivity index (χ0v) is 13.6. The molecule has 1 heterocycles. The lowest BCUT2D eigenvalue weighted by atomic mass is 10.0. The Morgan fingerprint density at radius 3 is 2.45 bits per heavy atom. The predicted octanol–water partition coefficient (Wildman–Crippen LogP) is 1.61. The third kappa shape index (κ3) is 5.19. The highest BCUT2D eigenvalue weighted by Gasteiger charge is 2.08. The molecule has 0 saturated carbocycles. The molecule has 1 rings (SSSR count). The SMILES string of the molecule is CN=C(NCc1nnc(C)n1C)NC(C)CCC(C)C. The van der Waals surface area contributed by atoms with Crippen molar-refractivity contribution in [3.63, 3.8) is 0 Å². The number of nitrogens with zero attached hydrogens (tertiary/aromatic N) is 4. The largest absolute Gasteiger partial charge is 0.354 e. The Kier molecular flexibility index (Phi) is 6.48. The lowest BCUT2D eigenvalue weighted by Crippen LogP contribution is -2.42. The molecule has 1 aromatic rings. The van der Waals surface area contributed by atoms with Crippen LogP contribution in [0.1, 0.15) is 45.3 Å². The number of rotatable bonds is 6. The molecule has 1 aromatic heterocycles. The summed E-state index contributed by atoms with van der Waals surface area (Å²) in [6.07, 6.45) is 2.36. The second-order valence-corrected chi connectivity index (χ2v) is 5.66. The molecule has 0 amide bonds. The topological polar surface area (TPSA) is 67.1 Å². The third-order valence-corrected chi connectivity index (χ3v) is 3.38. The first-order valence-electron chi connectivity index (χ1n) is 7.26. The van der Waals surface area contributed by atoms with Gasteiger partial charge in [0.15, 0.2) is 11.8 Å². The van der Waals surface area contributed by atoms with E-state index in [1.165, 1.54) is 6.42 Å². The van der Waals surface area contributed by atoms with Gasteiger partial charge in [-0.05, 0) is 32.6 Å². The van der Waals surface area contributed by atoms with Crippen LogP contribution in [0.3, 0.4) is 0 Å². The minimum absolute atomic E-state index is 0.407. The maximum Gasteiger partial charge on any atom is 0.191 e. The fourth-order valence-electron chi connectivity index (χ4n) is 1.85. The zero-order chi connectivity index (χ0) is 15.1. The van der Waals surface area contributed by atoms with Gasteiger partial charge in [-0.2, -0.15) is 0 Å². The molecule has 0 aromatic carbocycles. The van der Waals surface area contributed by atoms with Gasteiger partial charge in [0.1, 0.15) is 5.82 Å². The van der Waals surface area contributed by atoms with E-state index in [2.05, 4.69) is 46.6 Å². The second-order valence-electron chi connectivity index (χ2n) is 5.66. The second kappa shape index (κ2) is 7.87. The van der Waals surface area contributed by atoms with E-state index >= 15 is 0 Å². The molecule has 2 N–H and O–H groups in total. The van der Waals surface area contributed by atoms with Crippen LogP contribution in [0.25, 0.3) is 0 Å². The van der Waals surface area contributed by atoms with Crippen LogP contribution in [0.5, 0.6) is 0 Å². The van der Waals surface area contributed by atoms with Gasteiger partial charge in [0.25, 0.3) is 0 Å². The molecule has 0 saturated heterocycles. The molecule has 0 spiro atoms. The summed E-state index contributed by atoms with van der Waals surface area (Å²) in [6, 6.07) is 0.407. The average molecular weight is 280 g/mol. The van der Waals surface area contributed by atoms with Gasteiger partial charge in [-0.25, -0.2) is 0 Å². The van der Waals surface area contributed by atoms with Crippen LogP contribution in [-0.2, 0) is 13.6 Å². The van der Waals surface area contributed by atoms with Crippen molar-refractivity contribution in [3.05, 3.63) is 11.6 Å². The van der Waals surface area contributed by atoms with Crippen LogP contribution >= 0.6 is 0 Å². The van der Waals surface area contributed by atoms with Gasteiger partial charge < -0.3 is 15.2 Å². The molecule has 0 aliphatic rings. The van der Waals surface area contributed by atoms with Crippen molar-refractivity contribution in [1.82, 2.24) is 25.4 Å². The molecule has 114 valence electrons. The Bertz CT molecular complexity index is 435. The monoisotopic (exact) mass is 280 g/mol. The van der Waals surface area contributed by atoms with Gasteiger partial charge in [-0.3, -0.25) is 4.99 Å². The normalized spacial score (nSPS) is 13.7. The maximum atomic E-state index is 4.24. The number of guanidine groups is 1.